The summed E-state index contributed by atoms with van der Waals surface area (Å²) in [6.45, 7) is 16.9. The number of ether oxygens (including phenoxy) is 2. The van der Waals surface area contributed by atoms with Crippen molar-refractivity contribution in [2.24, 2.45) is 11.3 Å². The van der Waals surface area contributed by atoms with E-state index in [-0.39, 0.29) is 98.0 Å². The zero-order valence-electron chi connectivity index (χ0n) is 40.5. The number of thiazole rings is 1. The molecule has 2 aliphatic rings. The molecule has 5 heterocycles. The van der Waals surface area contributed by atoms with Crippen molar-refractivity contribution in [2.45, 2.75) is 98.0 Å². The monoisotopic (exact) mass is 1030 g/mol. The number of carbonyl (C=O) groups is 5. The average Bonchev–Trinajstić information content (AvgIpc) is 3.88. The van der Waals surface area contributed by atoms with Gasteiger partial charge in [-0.05, 0) is 74.9 Å². The SMILES string of the molecule is C=CC(=O)NCCN(C)C(=O)N(C)[C@H](C(=O)N[C@H]1Cc2nc(cs2)-c2ccc3c(c2)c(c(-c2cccnc2[C@H](C)OC)n3CC)CC(C)(C)COC(=O)[C@@H]2CCCN(N2)C1=O)C(C)C.S.S.S.S. The van der Waals surface area contributed by atoms with Crippen molar-refractivity contribution in [3.8, 4) is 22.5 Å². The molecule has 1 fully saturated rings. The van der Waals surface area contributed by atoms with Crippen molar-refractivity contribution in [1.82, 2.24) is 45.4 Å². The van der Waals surface area contributed by atoms with Gasteiger partial charge in [-0.3, -0.25) is 29.2 Å². The first kappa shape index (κ1) is 59.9. The van der Waals surface area contributed by atoms with Crippen LogP contribution in [0.3, 0.4) is 0 Å². The number of nitrogens with one attached hydrogen (secondary N) is 3. The maximum absolute atomic E-state index is 14.6. The normalized spacial score (nSPS) is 17.6. The van der Waals surface area contributed by atoms with E-state index < -0.39 is 47.4 Å². The number of esters is 1. The van der Waals surface area contributed by atoms with Crippen LogP contribution in [0.5, 0.6) is 0 Å². The molecule has 376 valence electrons. The van der Waals surface area contributed by atoms with Gasteiger partial charge in [0.25, 0.3) is 5.91 Å². The number of nitrogens with zero attached hydrogens (tertiary/aromatic N) is 6. The highest BCUT2D eigenvalue weighted by Crippen LogP contribution is 2.42. The Morgan fingerprint density at radius 3 is 2.50 bits per heavy atom. The number of rotatable bonds is 12. The molecule has 0 unspecified atom stereocenters. The molecule has 0 aliphatic carbocycles. The van der Waals surface area contributed by atoms with E-state index in [0.717, 1.165) is 50.8 Å². The molecular formula is C47H71N9O7S5. The molecule has 5 amide bonds. The van der Waals surface area contributed by atoms with Gasteiger partial charge in [0, 0.05) is 92.8 Å². The van der Waals surface area contributed by atoms with Gasteiger partial charge in [-0.1, -0.05) is 40.3 Å². The molecule has 4 aromatic rings. The first-order valence-corrected chi connectivity index (χ1v) is 22.9. The predicted octanol–water partition coefficient (Wildman–Crippen LogP) is 5.96. The molecule has 1 saturated heterocycles. The molecule has 16 nitrogen and oxygen atoms in total. The van der Waals surface area contributed by atoms with E-state index in [9.17, 15) is 24.0 Å². The predicted molar refractivity (Wildman–Crippen MR) is 288 cm³/mol. The number of likely N-dealkylation sites (N-methyl/N-ethyl adjacent to an activating group) is 2. The molecule has 0 saturated carbocycles. The molecule has 0 radical (unpaired) electrons. The van der Waals surface area contributed by atoms with Gasteiger partial charge in [-0.2, -0.15) is 54.0 Å². The van der Waals surface area contributed by atoms with Gasteiger partial charge in [0.15, 0.2) is 0 Å². The Labute approximate surface area is 432 Å². The average molecular weight is 1030 g/mol. The third-order valence-corrected chi connectivity index (χ3v) is 12.9. The third kappa shape index (κ3) is 13.5. The minimum atomic E-state index is -1.10. The highest BCUT2D eigenvalue weighted by atomic mass is 32.1. The number of urea groups is 1. The number of hydrogen-bond acceptors (Lipinski definition) is 11. The molecular weight excluding hydrogens is 963 g/mol. The summed E-state index contributed by atoms with van der Waals surface area (Å²) in [4.78, 5) is 80.6. The maximum Gasteiger partial charge on any atom is 0.324 e. The van der Waals surface area contributed by atoms with Gasteiger partial charge in [0.05, 0.1) is 34.8 Å². The molecule has 2 aliphatic heterocycles. The van der Waals surface area contributed by atoms with E-state index in [1.165, 1.54) is 26.1 Å². The van der Waals surface area contributed by atoms with Gasteiger partial charge in [0.1, 0.15) is 18.1 Å². The van der Waals surface area contributed by atoms with Crippen LogP contribution in [-0.4, -0.2) is 125 Å². The lowest BCUT2D eigenvalue weighted by molar-refractivity contribution is -0.155. The zero-order chi connectivity index (χ0) is 46.5. The lowest BCUT2D eigenvalue weighted by Gasteiger charge is -2.37. The Morgan fingerprint density at radius 1 is 1.12 bits per heavy atom. The largest absolute Gasteiger partial charge is 0.464 e. The van der Waals surface area contributed by atoms with Crippen molar-refractivity contribution in [2.75, 3.05) is 47.4 Å². The number of carbonyl (C=O) groups excluding carboxylic acids is 5. The first-order chi connectivity index (χ1) is 30.5. The van der Waals surface area contributed by atoms with Gasteiger partial charge >= 0.3 is 12.0 Å². The van der Waals surface area contributed by atoms with Crippen molar-refractivity contribution in [1.29, 1.82) is 0 Å². The molecule has 3 N–H and O–H groups in total. The number of fused-ring (bicyclic) bond motifs is 6. The van der Waals surface area contributed by atoms with Gasteiger partial charge in [0.2, 0.25) is 11.8 Å². The van der Waals surface area contributed by atoms with E-state index in [1.54, 1.807) is 27.4 Å². The summed E-state index contributed by atoms with van der Waals surface area (Å²) in [6, 6.07) is 7.10. The number of hydrogen-bond donors (Lipinski definition) is 3. The topological polar surface area (TPSA) is 180 Å². The lowest BCUT2D eigenvalue weighted by Crippen LogP contribution is -2.62. The third-order valence-electron chi connectivity index (χ3n) is 12.0. The first-order valence-electron chi connectivity index (χ1n) is 22.0. The Kier molecular flexibility index (Phi) is 23.0. The Morgan fingerprint density at radius 2 is 1.84 bits per heavy atom. The van der Waals surface area contributed by atoms with Crippen molar-refractivity contribution in [3.63, 3.8) is 0 Å². The van der Waals surface area contributed by atoms with Gasteiger partial charge < -0.3 is 34.5 Å². The summed E-state index contributed by atoms with van der Waals surface area (Å²) in [7, 11) is 4.81. The van der Waals surface area contributed by atoms with Crippen LogP contribution in [-0.2, 0) is 48.0 Å². The van der Waals surface area contributed by atoms with Gasteiger partial charge in [-0.25, -0.2) is 15.2 Å². The van der Waals surface area contributed by atoms with Crippen LogP contribution < -0.4 is 16.1 Å². The minimum absolute atomic E-state index is 0. The number of amides is 5. The van der Waals surface area contributed by atoms with Crippen molar-refractivity contribution < 1.29 is 33.4 Å². The fourth-order valence-electron chi connectivity index (χ4n) is 8.65. The quantitative estimate of drug-likeness (QED) is 0.113. The zero-order valence-corrected chi connectivity index (χ0v) is 45.3. The second-order valence-corrected chi connectivity index (χ2v) is 18.7. The van der Waals surface area contributed by atoms with E-state index in [1.807, 2.05) is 32.2 Å². The number of aromatic nitrogens is 3. The fraction of sp³-hybridized carbons (Fsp3) is 0.511. The summed E-state index contributed by atoms with van der Waals surface area (Å²) < 4.78 is 14.2. The molecule has 0 spiro atoms. The van der Waals surface area contributed by atoms with E-state index in [2.05, 4.69) is 72.2 Å². The van der Waals surface area contributed by atoms with Crippen LogP contribution in [0.25, 0.3) is 33.4 Å². The summed E-state index contributed by atoms with van der Waals surface area (Å²) in [5.74, 6) is -2.11. The van der Waals surface area contributed by atoms with E-state index in [0.29, 0.717) is 37.4 Å². The molecule has 3 aromatic heterocycles. The Hall–Kier alpha value is -4.25. The standard InChI is InChI=1S/C47H63N9O7S.4H2S/c1-11-38(57)48-20-22-53(8)46(61)54(9)41(28(3)4)43(58)51-35-24-39-50-36(26-64-39)30-17-18-37-32(23-30)33(42(55(37)12-2)31-15-13-19-49-40(31)29(5)62-10)25-47(6,7)27-63-45(60)34-16-14-21-56(52-34)44(35)59;;;;/h11,13,15,17-19,23,26,28-29,34-35,41,52H,1,12,14,16,20-22,24-25,27H2,2-10H3,(H,48,57)(H,51,58);4*1H2/t29-,34-,35-,41-;;;;/m0..../s1. The number of methoxy groups -OCH3 is 1. The van der Waals surface area contributed by atoms with Crippen LogP contribution in [0.1, 0.15) is 76.8 Å². The summed E-state index contributed by atoms with van der Waals surface area (Å²) in [5.41, 5.74) is 9.20. The second-order valence-electron chi connectivity index (χ2n) is 17.8. The van der Waals surface area contributed by atoms with E-state index >= 15 is 0 Å². The number of hydrazine groups is 1. The van der Waals surface area contributed by atoms with Crippen LogP contribution in [0.2, 0.25) is 0 Å². The number of aryl methyl sites for hydroxylation is 1. The van der Waals surface area contributed by atoms with Crippen molar-refractivity contribution >= 4 is 106 Å². The van der Waals surface area contributed by atoms with Crippen LogP contribution in [0, 0.1) is 11.3 Å². The number of pyridine rings is 1. The molecule has 1 aromatic carbocycles. The second kappa shape index (κ2) is 26.1. The Balaban J connectivity index is 0.00000397. The number of cyclic esters (lactones) is 1. The Bertz CT molecular complexity index is 2390. The smallest absolute Gasteiger partial charge is 0.324 e. The fourth-order valence-corrected chi connectivity index (χ4v) is 9.50. The summed E-state index contributed by atoms with van der Waals surface area (Å²) in [5, 5.41) is 10.7. The van der Waals surface area contributed by atoms with Crippen LogP contribution >= 0.6 is 65.3 Å². The maximum atomic E-state index is 14.6. The van der Waals surface area contributed by atoms with E-state index in [4.69, 9.17) is 19.4 Å². The lowest BCUT2D eigenvalue weighted by atomic mass is 9.84. The summed E-state index contributed by atoms with van der Waals surface area (Å²) in [6.07, 6.45) is 4.31. The minimum Gasteiger partial charge on any atom is -0.464 e. The molecule has 68 heavy (non-hydrogen) atoms. The number of benzene rings is 1. The van der Waals surface area contributed by atoms with Crippen molar-refractivity contribution in [3.05, 3.63) is 70.8 Å². The van der Waals surface area contributed by atoms with Crippen LogP contribution in [0.4, 0.5) is 4.79 Å². The highest BCUT2D eigenvalue weighted by Gasteiger charge is 2.38. The van der Waals surface area contributed by atoms with Gasteiger partial charge in [-0.15, -0.1) is 11.3 Å². The highest BCUT2D eigenvalue weighted by molar-refractivity contribution is 7.59. The molecule has 6 bridgehead atoms. The summed E-state index contributed by atoms with van der Waals surface area (Å²) >= 11 is 1.39. The molecule has 6 rings (SSSR count). The molecule has 21 heteroatoms. The van der Waals surface area contributed by atoms with Crippen LogP contribution in [0.15, 0.2) is 54.6 Å². The molecule has 4 atom stereocenters.